The number of sulfonamides is 1. The standard InChI is InChI=1S/C23H27ClN8O3S2/c1-23(14-25)7-11-32(12-8-23)18-13-28-21(20(26)30-18)36-17-4-2-3-16(19(17)24)29-22(33)31-37(34,35)15-5-9-27-10-6-15/h2-6,9-10,13H,7-8,11-12,14,25H2,1H3,(H2,26,30)(H2,29,31,33). The molecule has 1 aromatic carbocycles. The van der Waals surface area contributed by atoms with Crippen LogP contribution in [0.3, 0.4) is 0 Å². The summed E-state index contributed by atoms with van der Waals surface area (Å²) < 4.78 is 26.7. The van der Waals surface area contributed by atoms with E-state index in [0.29, 0.717) is 22.3 Å². The van der Waals surface area contributed by atoms with Crippen molar-refractivity contribution < 1.29 is 13.2 Å². The average molecular weight is 563 g/mol. The van der Waals surface area contributed by atoms with E-state index in [9.17, 15) is 13.2 Å². The van der Waals surface area contributed by atoms with E-state index in [2.05, 4.69) is 32.1 Å². The van der Waals surface area contributed by atoms with Crippen molar-refractivity contribution in [3.05, 3.63) is 53.9 Å². The molecule has 0 bridgehead atoms. The molecule has 196 valence electrons. The van der Waals surface area contributed by atoms with Crippen molar-refractivity contribution in [1.29, 1.82) is 0 Å². The number of aromatic nitrogens is 3. The maximum Gasteiger partial charge on any atom is 0.333 e. The van der Waals surface area contributed by atoms with E-state index in [0.717, 1.165) is 25.9 Å². The number of hydrogen-bond donors (Lipinski definition) is 4. The number of nitrogens with two attached hydrogens (primary N) is 2. The summed E-state index contributed by atoms with van der Waals surface area (Å²) in [5, 5.41) is 3.12. The minimum atomic E-state index is -4.07. The van der Waals surface area contributed by atoms with Gasteiger partial charge in [0.25, 0.3) is 10.0 Å². The molecule has 0 spiro atoms. The molecule has 3 heterocycles. The number of piperidine rings is 1. The van der Waals surface area contributed by atoms with E-state index in [1.807, 2.05) is 4.72 Å². The average Bonchev–Trinajstić information content (AvgIpc) is 2.88. The second-order valence-electron chi connectivity index (χ2n) is 8.88. The van der Waals surface area contributed by atoms with Crippen molar-refractivity contribution in [3.8, 4) is 0 Å². The van der Waals surface area contributed by atoms with Crippen molar-refractivity contribution in [2.45, 2.75) is 34.6 Å². The molecule has 0 aliphatic carbocycles. The molecule has 0 atom stereocenters. The summed E-state index contributed by atoms with van der Waals surface area (Å²) >= 11 is 7.70. The van der Waals surface area contributed by atoms with Crippen LogP contribution in [0.15, 0.2) is 63.7 Å². The lowest BCUT2D eigenvalue weighted by Gasteiger charge is -2.39. The van der Waals surface area contributed by atoms with Gasteiger partial charge in [-0.05, 0) is 49.1 Å². The number of nitrogens with zero attached hydrogens (tertiary/aromatic N) is 4. The van der Waals surface area contributed by atoms with Gasteiger partial charge in [-0.15, -0.1) is 0 Å². The van der Waals surface area contributed by atoms with Crippen LogP contribution in [0.4, 0.5) is 22.1 Å². The zero-order chi connectivity index (χ0) is 26.6. The number of halogens is 1. The topological polar surface area (TPSA) is 169 Å². The maximum atomic E-state index is 12.4. The van der Waals surface area contributed by atoms with E-state index in [-0.39, 0.29) is 26.8 Å². The maximum absolute atomic E-state index is 12.4. The minimum absolute atomic E-state index is 0.0940. The van der Waals surface area contributed by atoms with Gasteiger partial charge in [0.15, 0.2) is 5.82 Å². The molecule has 11 nitrogen and oxygen atoms in total. The Labute approximate surface area is 224 Å². The summed E-state index contributed by atoms with van der Waals surface area (Å²) in [6.45, 7) is 4.50. The summed E-state index contributed by atoms with van der Waals surface area (Å²) in [6, 6.07) is 6.54. The van der Waals surface area contributed by atoms with Crippen molar-refractivity contribution >= 4 is 56.7 Å². The molecular weight excluding hydrogens is 536 g/mol. The van der Waals surface area contributed by atoms with Gasteiger partial charge in [0.1, 0.15) is 10.8 Å². The number of amides is 2. The Morgan fingerprint density at radius 3 is 2.57 bits per heavy atom. The van der Waals surface area contributed by atoms with Gasteiger partial charge in [0.2, 0.25) is 0 Å². The van der Waals surface area contributed by atoms with Crippen LogP contribution < -0.4 is 26.4 Å². The van der Waals surface area contributed by atoms with Gasteiger partial charge in [0.05, 0.1) is 21.8 Å². The lowest BCUT2D eigenvalue weighted by Crippen LogP contribution is -2.42. The van der Waals surface area contributed by atoms with Crippen LogP contribution in [-0.2, 0) is 10.0 Å². The Balaban J connectivity index is 1.44. The predicted molar refractivity (Wildman–Crippen MR) is 144 cm³/mol. The normalized spacial score (nSPS) is 15.3. The highest BCUT2D eigenvalue weighted by Crippen LogP contribution is 2.39. The highest BCUT2D eigenvalue weighted by atomic mass is 35.5. The third kappa shape index (κ3) is 6.42. The van der Waals surface area contributed by atoms with Gasteiger partial charge in [-0.25, -0.2) is 27.9 Å². The van der Waals surface area contributed by atoms with Gasteiger partial charge in [0, 0.05) is 30.4 Å². The number of nitrogens with one attached hydrogen (secondary N) is 2. The van der Waals surface area contributed by atoms with Crippen molar-refractivity contribution in [2.75, 3.05) is 35.6 Å². The van der Waals surface area contributed by atoms with Crippen LogP contribution in [0.25, 0.3) is 0 Å². The minimum Gasteiger partial charge on any atom is -0.381 e. The van der Waals surface area contributed by atoms with Gasteiger partial charge in [-0.1, -0.05) is 36.4 Å². The zero-order valence-corrected chi connectivity index (χ0v) is 22.4. The summed E-state index contributed by atoms with van der Waals surface area (Å²) in [5.74, 6) is 0.958. The fourth-order valence-corrected chi connectivity index (χ4v) is 5.72. The molecule has 3 aromatic rings. The molecule has 6 N–H and O–H groups in total. The fraction of sp³-hybridized carbons (Fsp3) is 0.304. The first-order valence-electron chi connectivity index (χ1n) is 11.4. The number of hydrogen-bond acceptors (Lipinski definition) is 10. The van der Waals surface area contributed by atoms with Crippen LogP contribution >= 0.6 is 23.4 Å². The SMILES string of the molecule is CC1(CN)CCN(c2cnc(Sc3cccc(NC(=O)NS(=O)(=O)c4ccncc4)c3Cl)c(N)n2)CC1. The second kappa shape index (κ2) is 11.1. The van der Waals surface area contributed by atoms with Crippen LogP contribution in [0, 0.1) is 5.41 Å². The highest BCUT2D eigenvalue weighted by molar-refractivity contribution is 7.99. The quantitative estimate of drug-likeness (QED) is 0.335. The lowest BCUT2D eigenvalue weighted by molar-refractivity contribution is 0.256. The first-order valence-corrected chi connectivity index (χ1v) is 14.1. The summed E-state index contributed by atoms with van der Waals surface area (Å²) in [5.41, 5.74) is 12.5. The third-order valence-electron chi connectivity index (χ3n) is 6.14. The zero-order valence-electron chi connectivity index (χ0n) is 20.0. The monoisotopic (exact) mass is 562 g/mol. The van der Waals surface area contributed by atoms with Gasteiger partial charge in [-0.3, -0.25) is 4.98 Å². The molecule has 37 heavy (non-hydrogen) atoms. The number of carbonyl (C=O) groups is 1. The molecule has 14 heteroatoms. The van der Waals surface area contributed by atoms with Crippen LogP contribution in [0.1, 0.15) is 19.8 Å². The summed E-state index contributed by atoms with van der Waals surface area (Å²) in [7, 11) is -4.07. The molecule has 2 amide bonds. The molecule has 2 aromatic heterocycles. The number of anilines is 3. The van der Waals surface area contributed by atoms with Crippen molar-refractivity contribution in [1.82, 2.24) is 19.7 Å². The lowest BCUT2D eigenvalue weighted by atomic mass is 9.80. The molecule has 1 aliphatic rings. The molecule has 0 unspecified atom stereocenters. The molecular formula is C23H27ClN8O3S2. The molecule has 1 saturated heterocycles. The summed E-state index contributed by atoms with van der Waals surface area (Å²) in [6.07, 6.45) is 6.24. The second-order valence-corrected chi connectivity index (χ2v) is 12.0. The Morgan fingerprint density at radius 1 is 1.22 bits per heavy atom. The van der Waals surface area contributed by atoms with E-state index in [1.54, 1.807) is 24.4 Å². The summed E-state index contributed by atoms with van der Waals surface area (Å²) in [4.78, 5) is 27.8. The van der Waals surface area contributed by atoms with Crippen molar-refractivity contribution in [2.24, 2.45) is 11.1 Å². The number of urea groups is 1. The van der Waals surface area contributed by atoms with E-state index in [4.69, 9.17) is 23.1 Å². The largest absolute Gasteiger partial charge is 0.381 e. The Bertz CT molecular complexity index is 1380. The van der Waals surface area contributed by atoms with Gasteiger partial charge in [-0.2, -0.15) is 0 Å². The van der Waals surface area contributed by atoms with Crippen LogP contribution in [0.5, 0.6) is 0 Å². The first kappa shape index (κ1) is 26.9. The Kier molecular flexibility index (Phi) is 8.07. The third-order valence-corrected chi connectivity index (χ3v) is 9.08. The van der Waals surface area contributed by atoms with E-state index >= 15 is 0 Å². The van der Waals surface area contributed by atoms with Crippen LogP contribution in [-0.4, -0.2) is 49.0 Å². The fourth-order valence-electron chi connectivity index (χ4n) is 3.73. The first-order chi connectivity index (χ1) is 17.6. The number of nitrogen functional groups attached to an aromatic ring is 1. The predicted octanol–water partition coefficient (Wildman–Crippen LogP) is 3.33. The van der Waals surface area contributed by atoms with E-state index in [1.165, 1.54) is 36.3 Å². The molecule has 1 aliphatic heterocycles. The van der Waals surface area contributed by atoms with E-state index < -0.39 is 16.1 Å². The van der Waals surface area contributed by atoms with Crippen LogP contribution in [0.2, 0.25) is 5.02 Å². The highest BCUT2D eigenvalue weighted by Gasteiger charge is 2.29. The van der Waals surface area contributed by atoms with Crippen molar-refractivity contribution in [3.63, 3.8) is 0 Å². The van der Waals surface area contributed by atoms with Gasteiger partial charge >= 0.3 is 6.03 Å². The number of pyridine rings is 1. The molecule has 1 fully saturated rings. The molecule has 4 rings (SSSR count). The molecule has 0 saturated carbocycles. The number of carbonyl (C=O) groups excluding carboxylic acids is 1. The number of benzene rings is 1. The Hall–Kier alpha value is -3.13. The number of rotatable bonds is 7. The molecule has 0 radical (unpaired) electrons. The smallest absolute Gasteiger partial charge is 0.333 e. The Morgan fingerprint density at radius 2 is 1.92 bits per heavy atom. The van der Waals surface area contributed by atoms with Gasteiger partial charge < -0.3 is 21.7 Å².